The van der Waals surface area contributed by atoms with Gasteiger partial charge in [0.15, 0.2) is 0 Å². The number of nitrogens with two attached hydrogens (primary N) is 1. The summed E-state index contributed by atoms with van der Waals surface area (Å²) >= 11 is 0. The smallest absolute Gasteiger partial charge is 0.404 e. The van der Waals surface area contributed by atoms with Crippen LogP contribution in [0.15, 0.2) is 91.0 Å². The molecule has 190 valence electrons. The van der Waals surface area contributed by atoms with Crippen LogP contribution < -0.4 is 5.73 Å². The molecule has 7 nitrogen and oxygen atoms in total. The van der Waals surface area contributed by atoms with Gasteiger partial charge in [-0.25, -0.2) is 4.79 Å². The summed E-state index contributed by atoms with van der Waals surface area (Å²) in [5.41, 5.74) is 8.39. The SMILES string of the molecule is NC(=O)OC[C@H]1C[C@@H](OCc2ccccc2)[C@H](OCc2ccccc2)C(COCc2ccccc2)O1. The summed E-state index contributed by atoms with van der Waals surface area (Å²) in [6, 6.07) is 29.9. The van der Waals surface area contributed by atoms with Crippen molar-refractivity contribution in [1.29, 1.82) is 0 Å². The van der Waals surface area contributed by atoms with Gasteiger partial charge < -0.3 is 29.4 Å². The lowest BCUT2D eigenvalue weighted by Crippen LogP contribution is -2.53. The minimum Gasteiger partial charge on any atom is -0.447 e. The number of carbonyl (C=O) groups is 1. The van der Waals surface area contributed by atoms with Crippen LogP contribution >= 0.6 is 0 Å². The molecule has 3 aromatic rings. The van der Waals surface area contributed by atoms with Crippen LogP contribution in [0.1, 0.15) is 23.1 Å². The van der Waals surface area contributed by atoms with Gasteiger partial charge in [0.25, 0.3) is 0 Å². The summed E-state index contributed by atoms with van der Waals surface area (Å²) in [4.78, 5) is 11.2. The molecule has 1 saturated heterocycles. The summed E-state index contributed by atoms with van der Waals surface area (Å²) in [6.07, 6.45) is -1.83. The zero-order chi connectivity index (χ0) is 25.0. The first-order chi connectivity index (χ1) is 17.7. The van der Waals surface area contributed by atoms with Crippen LogP contribution in [0.2, 0.25) is 0 Å². The Morgan fingerprint density at radius 3 is 1.83 bits per heavy atom. The molecule has 0 bridgehead atoms. The van der Waals surface area contributed by atoms with E-state index in [0.717, 1.165) is 16.7 Å². The molecule has 36 heavy (non-hydrogen) atoms. The van der Waals surface area contributed by atoms with Crippen LogP contribution in [0.25, 0.3) is 0 Å². The van der Waals surface area contributed by atoms with Crippen molar-refractivity contribution in [3.63, 3.8) is 0 Å². The van der Waals surface area contributed by atoms with Gasteiger partial charge >= 0.3 is 6.09 Å². The number of ether oxygens (including phenoxy) is 5. The predicted octanol–water partition coefficient (Wildman–Crippen LogP) is 4.63. The van der Waals surface area contributed by atoms with Gasteiger partial charge in [-0.05, 0) is 16.7 Å². The molecule has 3 aromatic carbocycles. The Bertz CT molecular complexity index is 1030. The topological polar surface area (TPSA) is 89.2 Å². The minimum absolute atomic E-state index is 0.0428. The molecule has 0 aromatic heterocycles. The Hall–Kier alpha value is -3.23. The maximum atomic E-state index is 11.2. The standard InChI is InChI=1S/C29H33NO6/c30-29(31)35-20-25-16-26(33-18-23-12-6-2-7-13-23)28(34-19-24-14-8-3-9-15-24)27(36-25)21-32-17-22-10-4-1-5-11-22/h1-15,25-28H,16-21H2,(H2,30,31)/t25-,26-,27?,28+/m1/s1. The van der Waals surface area contributed by atoms with Crippen LogP contribution in [-0.4, -0.2) is 43.7 Å². The number of hydrogen-bond acceptors (Lipinski definition) is 6. The number of rotatable bonds is 12. The molecule has 2 N–H and O–H groups in total. The number of primary amides is 1. The minimum atomic E-state index is -0.834. The molecule has 1 aliphatic heterocycles. The van der Waals surface area contributed by atoms with E-state index >= 15 is 0 Å². The van der Waals surface area contributed by atoms with Gasteiger partial charge in [-0.2, -0.15) is 0 Å². The fourth-order valence-electron chi connectivity index (χ4n) is 4.22. The molecule has 1 aliphatic rings. The van der Waals surface area contributed by atoms with Crippen molar-refractivity contribution in [2.45, 2.75) is 50.7 Å². The van der Waals surface area contributed by atoms with Gasteiger partial charge in [0.05, 0.1) is 38.6 Å². The van der Waals surface area contributed by atoms with E-state index in [9.17, 15) is 4.79 Å². The lowest BCUT2D eigenvalue weighted by Gasteiger charge is -2.41. The third-order valence-electron chi connectivity index (χ3n) is 5.99. The first-order valence-corrected chi connectivity index (χ1v) is 12.2. The van der Waals surface area contributed by atoms with Gasteiger partial charge in [0, 0.05) is 6.42 Å². The van der Waals surface area contributed by atoms with E-state index in [0.29, 0.717) is 32.8 Å². The Morgan fingerprint density at radius 2 is 1.28 bits per heavy atom. The van der Waals surface area contributed by atoms with E-state index in [2.05, 4.69) is 0 Å². The van der Waals surface area contributed by atoms with E-state index in [1.165, 1.54) is 0 Å². The van der Waals surface area contributed by atoms with Crippen molar-refractivity contribution in [2.75, 3.05) is 13.2 Å². The molecular formula is C29H33NO6. The monoisotopic (exact) mass is 491 g/mol. The highest BCUT2D eigenvalue weighted by Crippen LogP contribution is 2.28. The second kappa shape index (κ2) is 13.8. The highest BCUT2D eigenvalue weighted by molar-refractivity contribution is 5.64. The van der Waals surface area contributed by atoms with Crippen molar-refractivity contribution in [3.05, 3.63) is 108 Å². The van der Waals surface area contributed by atoms with Crippen molar-refractivity contribution < 1.29 is 28.5 Å². The zero-order valence-corrected chi connectivity index (χ0v) is 20.2. The fraction of sp³-hybridized carbons (Fsp3) is 0.345. The van der Waals surface area contributed by atoms with Crippen molar-refractivity contribution in [3.8, 4) is 0 Å². The zero-order valence-electron chi connectivity index (χ0n) is 20.2. The van der Waals surface area contributed by atoms with Crippen molar-refractivity contribution >= 4 is 6.09 Å². The lowest BCUT2D eigenvalue weighted by molar-refractivity contribution is -0.225. The summed E-state index contributed by atoms with van der Waals surface area (Å²) in [7, 11) is 0. The molecule has 4 rings (SSSR count). The number of hydrogen-bond donors (Lipinski definition) is 1. The summed E-state index contributed by atoms with van der Waals surface area (Å²) in [5, 5.41) is 0. The number of benzene rings is 3. The average molecular weight is 492 g/mol. The Labute approximate surface area is 212 Å². The van der Waals surface area contributed by atoms with Crippen LogP contribution in [0, 0.1) is 0 Å². The first kappa shape index (κ1) is 25.9. The summed E-state index contributed by atoms with van der Waals surface area (Å²) in [5.74, 6) is 0. The Kier molecular flexibility index (Phi) is 9.87. The van der Waals surface area contributed by atoms with E-state index in [4.69, 9.17) is 29.4 Å². The van der Waals surface area contributed by atoms with Crippen LogP contribution in [0.3, 0.4) is 0 Å². The van der Waals surface area contributed by atoms with Crippen molar-refractivity contribution in [1.82, 2.24) is 0 Å². The highest BCUT2D eigenvalue weighted by atomic mass is 16.6. The van der Waals surface area contributed by atoms with Gasteiger partial charge in [0.1, 0.15) is 18.8 Å². The molecule has 0 saturated carbocycles. The van der Waals surface area contributed by atoms with E-state index in [1.54, 1.807) is 0 Å². The van der Waals surface area contributed by atoms with Gasteiger partial charge in [-0.3, -0.25) is 0 Å². The maximum absolute atomic E-state index is 11.2. The highest BCUT2D eigenvalue weighted by Gasteiger charge is 2.41. The van der Waals surface area contributed by atoms with E-state index in [-0.39, 0.29) is 24.9 Å². The van der Waals surface area contributed by atoms with Crippen LogP contribution in [-0.2, 0) is 43.5 Å². The van der Waals surface area contributed by atoms with Gasteiger partial charge in [-0.1, -0.05) is 91.0 Å². The molecular weight excluding hydrogens is 458 g/mol. The molecule has 1 unspecified atom stereocenters. The van der Waals surface area contributed by atoms with Gasteiger partial charge in [-0.15, -0.1) is 0 Å². The van der Waals surface area contributed by atoms with Crippen LogP contribution in [0.5, 0.6) is 0 Å². The molecule has 0 radical (unpaired) electrons. The molecule has 0 spiro atoms. The summed E-state index contributed by atoms with van der Waals surface area (Å²) < 4.78 is 30.2. The quantitative estimate of drug-likeness (QED) is 0.398. The molecule has 1 heterocycles. The lowest BCUT2D eigenvalue weighted by atomic mass is 9.97. The van der Waals surface area contributed by atoms with Crippen molar-refractivity contribution in [2.24, 2.45) is 5.73 Å². The second-order valence-electron chi connectivity index (χ2n) is 8.76. The van der Waals surface area contributed by atoms with E-state index in [1.807, 2.05) is 91.0 Å². The first-order valence-electron chi connectivity index (χ1n) is 12.2. The van der Waals surface area contributed by atoms with Gasteiger partial charge in [0.2, 0.25) is 0 Å². The summed E-state index contributed by atoms with van der Waals surface area (Å²) in [6.45, 7) is 1.63. The number of carbonyl (C=O) groups excluding carboxylic acids is 1. The largest absolute Gasteiger partial charge is 0.447 e. The molecule has 0 aliphatic carbocycles. The Balaban J connectivity index is 1.47. The molecule has 1 fully saturated rings. The molecule has 4 atom stereocenters. The fourth-order valence-corrected chi connectivity index (χ4v) is 4.22. The third-order valence-corrected chi connectivity index (χ3v) is 5.99. The normalized spacial score (nSPS) is 21.7. The molecule has 7 heteroatoms. The molecule has 1 amide bonds. The third kappa shape index (κ3) is 8.17. The predicted molar refractivity (Wildman–Crippen MR) is 135 cm³/mol. The van der Waals surface area contributed by atoms with Crippen LogP contribution in [0.4, 0.5) is 4.79 Å². The second-order valence-corrected chi connectivity index (χ2v) is 8.76. The Morgan fingerprint density at radius 1 is 0.750 bits per heavy atom. The number of amides is 1. The average Bonchev–Trinajstić information content (AvgIpc) is 2.92. The van der Waals surface area contributed by atoms with E-state index < -0.39 is 12.2 Å². The maximum Gasteiger partial charge on any atom is 0.404 e.